The van der Waals surface area contributed by atoms with Crippen LogP contribution in [-0.4, -0.2) is 41.0 Å². The lowest BCUT2D eigenvalue weighted by atomic mass is 10.1. The molecule has 0 bridgehead atoms. The second-order valence-electron chi connectivity index (χ2n) is 6.31. The van der Waals surface area contributed by atoms with Gasteiger partial charge in [0.2, 0.25) is 5.91 Å². The van der Waals surface area contributed by atoms with Gasteiger partial charge in [0.15, 0.2) is 0 Å². The Bertz CT molecular complexity index is 750. The average molecular weight is 383 g/mol. The molecule has 0 aliphatic carbocycles. The van der Waals surface area contributed by atoms with Crippen molar-refractivity contribution in [3.05, 3.63) is 47.5 Å². The SMILES string of the molecule is Cc1c(C(C)NC(=O)[C@H]2NCCO[C@@H]2C)cnn1-c1ccc(F)cc1.Cl. The van der Waals surface area contributed by atoms with Crippen molar-refractivity contribution in [2.45, 2.75) is 39.0 Å². The van der Waals surface area contributed by atoms with Gasteiger partial charge in [0.25, 0.3) is 0 Å². The van der Waals surface area contributed by atoms with E-state index in [1.807, 2.05) is 20.8 Å². The molecule has 0 saturated carbocycles. The molecule has 1 amide bonds. The topological polar surface area (TPSA) is 68.2 Å². The summed E-state index contributed by atoms with van der Waals surface area (Å²) >= 11 is 0. The van der Waals surface area contributed by atoms with Gasteiger partial charge in [0.1, 0.15) is 11.9 Å². The van der Waals surface area contributed by atoms with Gasteiger partial charge in [-0.1, -0.05) is 0 Å². The first-order chi connectivity index (χ1) is 12.0. The van der Waals surface area contributed by atoms with Gasteiger partial charge in [0.05, 0.1) is 30.6 Å². The minimum absolute atomic E-state index is 0. The Kier molecular flexibility index (Phi) is 6.75. The summed E-state index contributed by atoms with van der Waals surface area (Å²) < 4.78 is 20.4. The van der Waals surface area contributed by atoms with Gasteiger partial charge < -0.3 is 15.4 Å². The molecule has 1 unspecified atom stereocenters. The number of nitrogens with zero attached hydrogens (tertiary/aromatic N) is 2. The summed E-state index contributed by atoms with van der Waals surface area (Å²) in [6.07, 6.45) is 1.57. The van der Waals surface area contributed by atoms with Gasteiger partial charge in [-0.15, -0.1) is 12.4 Å². The van der Waals surface area contributed by atoms with E-state index in [-0.39, 0.29) is 42.3 Å². The Morgan fingerprint density at radius 2 is 2.12 bits per heavy atom. The number of carbonyl (C=O) groups excluding carboxylic acids is 1. The van der Waals surface area contributed by atoms with Gasteiger partial charge >= 0.3 is 0 Å². The number of nitrogens with one attached hydrogen (secondary N) is 2. The molecule has 8 heteroatoms. The molecule has 1 aromatic heterocycles. The molecular weight excluding hydrogens is 359 g/mol. The monoisotopic (exact) mass is 382 g/mol. The standard InChI is InChI=1S/C18H23FN4O2.ClH/c1-11(22-18(24)17-13(3)25-9-8-20-17)16-10-21-23(12(16)2)15-6-4-14(19)5-7-15;/h4-7,10-11,13,17,20H,8-9H2,1-3H3,(H,22,24);1H/t11?,13-,17+;/m1./s1. The fraction of sp³-hybridized carbons (Fsp3) is 0.444. The molecule has 1 saturated heterocycles. The highest BCUT2D eigenvalue weighted by Crippen LogP contribution is 2.20. The van der Waals surface area contributed by atoms with E-state index in [4.69, 9.17) is 4.74 Å². The van der Waals surface area contributed by atoms with Gasteiger partial charge in [-0.05, 0) is 45.0 Å². The molecule has 3 atom stereocenters. The summed E-state index contributed by atoms with van der Waals surface area (Å²) in [6.45, 7) is 7.02. The van der Waals surface area contributed by atoms with Crippen molar-refractivity contribution >= 4 is 18.3 Å². The van der Waals surface area contributed by atoms with Crippen LogP contribution in [0.2, 0.25) is 0 Å². The highest BCUT2D eigenvalue weighted by atomic mass is 35.5. The van der Waals surface area contributed by atoms with Crippen LogP contribution in [0.5, 0.6) is 0 Å². The van der Waals surface area contributed by atoms with Crippen molar-refractivity contribution in [2.24, 2.45) is 0 Å². The summed E-state index contributed by atoms with van der Waals surface area (Å²) in [5.41, 5.74) is 2.60. The Balaban J connectivity index is 0.00000243. The van der Waals surface area contributed by atoms with Crippen LogP contribution < -0.4 is 10.6 Å². The molecular formula is C18H24ClFN4O2. The normalized spacial score (nSPS) is 20.9. The maximum absolute atomic E-state index is 13.1. The summed E-state index contributed by atoms with van der Waals surface area (Å²) in [5, 5.41) is 10.6. The number of aromatic nitrogens is 2. The Labute approximate surface area is 158 Å². The Hall–Kier alpha value is -1.96. The molecule has 6 nitrogen and oxygen atoms in total. The summed E-state index contributed by atoms with van der Waals surface area (Å²) in [7, 11) is 0. The minimum atomic E-state index is -0.358. The van der Waals surface area contributed by atoms with Crippen LogP contribution in [0.3, 0.4) is 0 Å². The van der Waals surface area contributed by atoms with Crippen LogP contribution in [0.4, 0.5) is 4.39 Å². The van der Waals surface area contributed by atoms with E-state index in [0.717, 1.165) is 16.9 Å². The molecule has 1 aliphatic heterocycles. The predicted octanol–water partition coefficient (Wildman–Crippen LogP) is 2.30. The molecule has 142 valence electrons. The van der Waals surface area contributed by atoms with Gasteiger partial charge in [-0.2, -0.15) is 5.10 Å². The third kappa shape index (κ3) is 4.23. The molecule has 2 heterocycles. The lowest BCUT2D eigenvalue weighted by Crippen LogP contribution is -2.55. The molecule has 3 rings (SSSR count). The Morgan fingerprint density at radius 1 is 1.42 bits per heavy atom. The van der Waals surface area contributed by atoms with Gasteiger partial charge in [-0.25, -0.2) is 9.07 Å². The summed E-state index contributed by atoms with van der Waals surface area (Å²) in [6, 6.07) is 5.59. The third-order valence-electron chi connectivity index (χ3n) is 4.54. The van der Waals surface area contributed by atoms with E-state index in [1.165, 1.54) is 12.1 Å². The number of benzene rings is 1. The van der Waals surface area contributed by atoms with E-state index in [2.05, 4.69) is 15.7 Å². The minimum Gasteiger partial charge on any atom is -0.375 e. The number of amides is 1. The average Bonchev–Trinajstić information content (AvgIpc) is 2.97. The van der Waals surface area contributed by atoms with E-state index in [1.54, 1.807) is 23.0 Å². The van der Waals surface area contributed by atoms with Crippen molar-refractivity contribution in [1.29, 1.82) is 0 Å². The molecule has 1 aromatic carbocycles. The largest absolute Gasteiger partial charge is 0.375 e. The fourth-order valence-corrected chi connectivity index (χ4v) is 3.10. The smallest absolute Gasteiger partial charge is 0.240 e. The van der Waals surface area contributed by atoms with Crippen LogP contribution in [0.15, 0.2) is 30.5 Å². The zero-order valence-electron chi connectivity index (χ0n) is 15.0. The second-order valence-corrected chi connectivity index (χ2v) is 6.31. The zero-order chi connectivity index (χ0) is 18.0. The van der Waals surface area contributed by atoms with Crippen LogP contribution in [0, 0.1) is 12.7 Å². The molecule has 26 heavy (non-hydrogen) atoms. The van der Waals surface area contributed by atoms with E-state index in [9.17, 15) is 9.18 Å². The number of ether oxygens (including phenoxy) is 1. The number of morpholine rings is 1. The van der Waals surface area contributed by atoms with Crippen molar-refractivity contribution < 1.29 is 13.9 Å². The van der Waals surface area contributed by atoms with Crippen LogP contribution in [0.25, 0.3) is 5.69 Å². The van der Waals surface area contributed by atoms with Gasteiger partial charge in [-0.3, -0.25) is 4.79 Å². The summed E-state index contributed by atoms with van der Waals surface area (Å²) in [5.74, 6) is -0.376. The zero-order valence-corrected chi connectivity index (χ0v) is 15.8. The number of halogens is 2. The maximum atomic E-state index is 13.1. The Morgan fingerprint density at radius 3 is 2.77 bits per heavy atom. The fourth-order valence-electron chi connectivity index (χ4n) is 3.10. The van der Waals surface area contributed by atoms with Crippen molar-refractivity contribution in [2.75, 3.05) is 13.2 Å². The van der Waals surface area contributed by atoms with E-state index >= 15 is 0 Å². The second kappa shape index (κ2) is 8.62. The van der Waals surface area contributed by atoms with Crippen molar-refractivity contribution in [3.8, 4) is 5.69 Å². The maximum Gasteiger partial charge on any atom is 0.240 e. The first kappa shape index (κ1) is 20.4. The van der Waals surface area contributed by atoms with Crippen LogP contribution in [0.1, 0.15) is 31.1 Å². The first-order valence-corrected chi connectivity index (χ1v) is 8.43. The molecule has 1 fully saturated rings. The predicted molar refractivity (Wildman–Crippen MR) is 99.3 cm³/mol. The highest BCUT2D eigenvalue weighted by molar-refractivity contribution is 5.85. The number of hydrogen-bond acceptors (Lipinski definition) is 4. The summed E-state index contributed by atoms with van der Waals surface area (Å²) in [4.78, 5) is 12.5. The lowest BCUT2D eigenvalue weighted by molar-refractivity contribution is -0.129. The van der Waals surface area contributed by atoms with Gasteiger partial charge in [0, 0.05) is 17.8 Å². The van der Waals surface area contributed by atoms with Crippen molar-refractivity contribution in [1.82, 2.24) is 20.4 Å². The quantitative estimate of drug-likeness (QED) is 0.851. The number of carbonyl (C=O) groups is 1. The van der Waals surface area contributed by atoms with Crippen molar-refractivity contribution in [3.63, 3.8) is 0 Å². The van der Waals surface area contributed by atoms with Crippen LogP contribution in [-0.2, 0) is 9.53 Å². The van der Waals surface area contributed by atoms with E-state index in [0.29, 0.717) is 13.2 Å². The molecule has 2 N–H and O–H groups in total. The van der Waals surface area contributed by atoms with Crippen LogP contribution >= 0.6 is 12.4 Å². The lowest BCUT2D eigenvalue weighted by Gasteiger charge is -2.30. The number of rotatable bonds is 4. The van der Waals surface area contributed by atoms with E-state index < -0.39 is 0 Å². The molecule has 1 aliphatic rings. The number of hydrogen-bond donors (Lipinski definition) is 2. The third-order valence-corrected chi connectivity index (χ3v) is 4.54. The first-order valence-electron chi connectivity index (χ1n) is 8.43. The molecule has 0 radical (unpaired) electrons. The molecule has 2 aromatic rings. The highest BCUT2D eigenvalue weighted by Gasteiger charge is 2.29. The molecule has 0 spiro atoms.